The molecular formula is C14H16BrN5. The second-order valence-corrected chi connectivity index (χ2v) is 5.86. The van der Waals surface area contributed by atoms with Gasteiger partial charge >= 0.3 is 0 Å². The molecule has 2 heterocycles. The summed E-state index contributed by atoms with van der Waals surface area (Å²) in [6, 6.07) is 8.34. The third-order valence-corrected chi connectivity index (χ3v) is 4.13. The van der Waals surface area contributed by atoms with Crippen molar-refractivity contribution < 1.29 is 0 Å². The average Bonchev–Trinajstić information content (AvgIpc) is 2.88. The standard InChI is InChI=1S/C14H16BrN5/c1-8-12-13(19(3)18-8)20(14(16)17-12)9(2)10-4-6-11(15)7-5-10/h4-7,9H,1-3H3,(H2,16,17). The molecule has 1 atom stereocenters. The van der Waals surface area contributed by atoms with Crippen LogP contribution in [-0.4, -0.2) is 19.3 Å². The van der Waals surface area contributed by atoms with Gasteiger partial charge < -0.3 is 5.73 Å². The van der Waals surface area contributed by atoms with Crippen molar-refractivity contribution in [1.82, 2.24) is 19.3 Å². The first kappa shape index (κ1) is 13.2. The number of halogens is 1. The van der Waals surface area contributed by atoms with Gasteiger partial charge in [0.2, 0.25) is 5.95 Å². The molecule has 3 rings (SSSR count). The maximum atomic E-state index is 6.11. The highest BCUT2D eigenvalue weighted by atomic mass is 79.9. The molecule has 104 valence electrons. The summed E-state index contributed by atoms with van der Waals surface area (Å²) in [6.45, 7) is 4.06. The van der Waals surface area contributed by atoms with E-state index in [0.29, 0.717) is 5.95 Å². The van der Waals surface area contributed by atoms with Crippen molar-refractivity contribution in [2.75, 3.05) is 5.73 Å². The molecule has 0 spiro atoms. The highest BCUT2D eigenvalue weighted by Crippen LogP contribution is 2.28. The van der Waals surface area contributed by atoms with Gasteiger partial charge in [-0.2, -0.15) is 5.10 Å². The Labute approximate surface area is 125 Å². The first-order valence-electron chi connectivity index (χ1n) is 6.41. The van der Waals surface area contributed by atoms with E-state index in [2.05, 4.69) is 45.1 Å². The minimum atomic E-state index is 0.0999. The van der Waals surface area contributed by atoms with Crippen LogP contribution in [0.5, 0.6) is 0 Å². The molecule has 6 heteroatoms. The summed E-state index contributed by atoms with van der Waals surface area (Å²) >= 11 is 3.45. The lowest BCUT2D eigenvalue weighted by Crippen LogP contribution is -2.12. The van der Waals surface area contributed by atoms with Gasteiger partial charge in [-0.25, -0.2) is 4.98 Å². The van der Waals surface area contributed by atoms with Crippen molar-refractivity contribution in [2.45, 2.75) is 19.9 Å². The van der Waals surface area contributed by atoms with E-state index in [1.807, 2.05) is 35.4 Å². The van der Waals surface area contributed by atoms with Crippen LogP contribution in [0.15, 0.2) is 28.7 Å². The van der Waals surface area contributed by atoms with Crippen LogP contribution in [0.3, 0.4) is 0 Å². The molecule has 0 amide bonds. The van der Waals surface area contributed by atoms with Crippen LogP contribution in [0.1, 0.15) is 24.2 Å². The monoisotopic (exact) mass is 333 g/mol. The number of aryl methyl sites for hydroxylation is 2. The van der Waals surface area contributed by atoms with Crippen LogP contribution < -0.4 is 5.73 Å². The number of hydrogen-bond donors (Lipinski definition) is 1. The van der Waals surface area contributed by atoms with Gasteiger partial charge in [-0.3, -0.25) is 9.25 Å². The van der Waals surface area contributed by atoms with E-state index in [4.69, 9.17) is 5.73 Å². The van der Waals surface area contributed by atoms with Crippen molar-refractivity contribution in [1.29, 1.82) is 0 Å². The number of nitrogens with two attached hydrogens (primary N) is 1. The second kappa shape index (κ2) is 4.63. The molecule has 0 fully saturated rings. The molecule has 3 aromatic rings. The molecule has 0 aliphatic heterocycles. The van der Waals surface area contributed by atoms with E-state index in [9.17, 15) is 0 Å². The van der Waals surface area contributed by atoms with Crippen molar-refractivity contribution in [3.05, 3.63) is 40.0 Å². The number of imidazole rings is 1. The van der Waals surface area contributed by atoms with E-state index in [1.165, 1.54) is 5.56 Å². The summed E-state index contributed by atoms with van der Waals surface area (Å²) in [6.07, 6.45) is 0. The van der Waals surface area contributed by atoms with Gasteiger partial charge in [0.25, 0.3) is 0 Å². The zero-order valence-electron chi connectivity index (χ0n) is 11.6. The van der Waals surface area contributed by atoms with Crippen LogP contribution in [0.25, 0.3) is 11.2 Å². The minimum Gasteiger partial charge on any atom is -0.369 e. The summed E-state index contributed by atoms with van der Waals surface area (Å²) in [5, 5.41) is 4.41. The molecule has 1 unspecified atom stereocenters. The van der Waals surface area contributed by atoms with Crippen molar-refractivity contribution in [2.24, 2.45) is 7.05 Å². The van der Waals surface area contributed by atoms with E-state index in [0.717, 1.165) is 21.3 Å². The average molecular weight is 334 g/mol. The maximum Gasteiger partial charge on any atom is 0.203 e. The molecule has 0 saturated carbocycles. The van der Waals surface area contributed by atoms with Crippen LogP contribution >= 0.6 is 15.9 Å². The predicted octanol–water partition coefficient (Wildman–Crippen LogP) is 3.03. The highest BCUT2D eigenvalue weighted by molar-refractivity contribution is 9.10. The number of fused-ring (bicyclic) bond motifs is 1. The Morgan fingerprint density at radius 3 is 2.55 bits per heavy atom. The molecule has 2 aromatic heterocycles. The molecular weight excluding hydrogens is 318 g/mol. The minimum absolute atomic E-state index is 0.0999. The quantitative estimate of drug-likeness (QED) is 0.784. The van der Waals surface area contributed by atoms with Gasteiger partial charge in [0, 0.05) is 11.5 Å². The molecule has 0 aliphatic rings. The normalized spacial score (nSPS) is 13.0. The Morgan fingerprint density at radius 1 is 1.25 bits per heavy atom. The number of benzene rings is 1. The SMILES string of the molecule is Cc1nn(C)c2c1nc(N)n2C(C)c1ccc(Br)cc1. The van der Waals surface area contributed by atoms with Gasteiger partial charge in [-0.15, -0.1) is 0 Å². The van der Waals surface area contributed by atoms with Gasteiger partial charge in [0.15, 0.2) is 5.65 Å². The molecule has 2 N–H and O–H groups in total. The van der Waals surface area contributed by atoms with E-state index in [1.54, 1.807) is 0 Å². The summed E-state index contributed by atoms with van der Waals surface area (Å²) < 4.78 is 4.93. The first-order valence-corrected chi connectivity index (χ1v) is 7.21. The summed E-state index contributed by atoms with van der Waals surface area (Å²) in [7, 11) is 1.92. The number of aromatic nitrogens is 4. The van der Waals surface area contributed by atoms with Crippen LogP contribution in [0.2, 0.25) is 0 Å². The van der Waals surface area contributed by atoms with Gasteiger partial charge in [-0.1, -0.05) is 28.1 Å². The van der Waals surface area contributed by atoms with Gasteiger partial charge in [0.05, 0.1) is 11.7 Å². The second-order valence-electron chi connectivity index (χ2n) is 4.95. The fourth-order valence-corrected chi connectivity index (χ4v) is 2.85. The van der Waals surface area contributed by atoms with Crippen LogP contribution in [-0.2, 0) is 7.05 Å². The fourth-order valence-electron chi connectivity index (χ4n) is 2.58. The molecule has 5 nitrogen and oxygen atoms in total. The third-order valence-electron chi connectivity index (χ3n) is 3.60. The smallest absolute Gasteiger partial charge is 0.203 e. The number of nitrogens with zero attached hydrogens (tertiary/aromatic N) is 4. The molecule has 0 bridgehead atoms. The lowest BCUT2D eigenvalue weighted by Gasteiger charge is -2.16. The predicted molar refractivity (Wildman–Crippen MR) is 83.6 cm³/mol. The first-order chi connectivity index (χ1) is 9.49. The van der Waals surface area contributed by atoms with Crippen molar-refractivity contribution >= 4 is 33.0 Å². The largest absolute Gasteiger partial charge is 0.369 e. The molecule has 1 aromatic carbocycles. The lowest BCUT2D eigenvalue weighted by atomic mass is 10.1. The summed E-state index contributed by atoms with van der Waals surface area (Å²) in [5.41, 5.74) is 10.0. The van der Waals surface area contributed by atoms with E-state index >= 15 is 0 Å². The Morgan fingerprint density at radius 2 is 1.90 bits per heavy atom. The maximum absolute atomic E-state index is 6.11. The fraction of sp³-hybridized carbons (Fsp3) is 0.286. The Bertz CT molecular complexity index is 769. The highest BCUT2D eigenvalue weighted by Gasteiger charge is 2.20. The zero-order chi connectivity index (χ0) is 14.4. The number of rotatable bonds is 2. The van der Waals surface area contributed by atoms with E-state index in [-0.39, 0.29) is 6.04 Å². The Kier molecular flexibility index (Phi) is 3.05. The van der Waals surface area contributed by atoms with Gasteiger partial charge in [0.1, 0.15) is 5.52 Å². The lowest BCUT2D eigenvalue weighted by molar-refractivity contribution is 0.636. The zero-order valence-corrected chi connectivity index (χ0v) is 13.2. The summed E-state index contributed by atoms with van der Waals surface area (Å²) in [5.74, 6) is 0.520. The van der Waals surface area contributed by atoms with Crippen LogP contribution in [0.4, 0.5) is 5.95 Å². The molecule has 0 radical (unpaired) electrons. The molecule has 0 aliphatic carbocycles. The molecule has 20 heavy (non-hydrogen) atoms. The number of hydrogen-bond acceptors (Lipinski definition) is 3. The van der Waals surface area contributed by atoms with Crippen molar-refractivity contribution in [3.63, 3.8) is 0 Å². The Balaban J connectivity index is 2.18. The van der Waals surface area contributed by atoms with Gasteiger partial charge in [-0.05, 0) is 31.5 Å². The third kappa shape index (κ3) is 1.91. The molecule has 0 saturated heterocycles. The summed E-state index contributed by atoms with van der Waals surface area (Å²) in [4.78, 5) is 4.45. The number of nitrogen functional groups attached to an aromatic ring is 1. The van der Waals surface area contributed by atoms with Crippen molar-refractivity contribution in [3.8, 4) is 0 Å². The van der Waals surface area contributed by atoms with E-state index < -0.39 is 0 Å². The number of anilines is 1. The Hall–Kier alpha value is -1.82. The van der Waals surface area contributed by atoms with Crippen LogP contribution in [0, 0.1) is 6.92 Å². The topological polar surface area (TPSA) is 61.7 Å².